The lowest BCUT2D eigenvalue weighted by Gasteiger charge is -1.96. The molecule has 0 saturated heterocycles. The second-order valence-corrected chi connectivity index (χ2v) is 2.69. The molecule has 0 spiro atoms. The summed E-state index contributed by atoms with van der Waals surface area (Å²) in [6.07, 6.45) is 8.69. The van der Waals surface area contributed by atoms with Crippen LogP contribution in [-0.4, -0.2) is 4.98 Å². The Hall–Kier alpha value is -1.59. The molecule has 0 saturated carbocycles. The van der Waals surface area contributed by atoms with E-state index in [1.54, 1.807) is 0 Å². The van der Waals surface area contributed by atoms with E-state index in [0.29, 0.717) is 0 Å². The number of hydrogen-bond acceptors (Lipinski definition) is 1. The molecule has 1 heterocycles. The third kappa shape index (κ3) is 1.52. The number of rotatable bonds is 2. The van der Waals surface area contributed by atoms with Crippen molar-refractivity contribution in [2.24, 2.45) is 0 Å². The van der Waals surface area contributed by atoms with Gasteiger partial charge in [-0.3, -0.25) is 4.98 Å². The summed E-state index contributed by atoms with van der Waals surface area (Å²) in [5, 5.41) is 0. The van der Waals surface area contributed by atoms with E-state index in [4.69, 9.17) is 0 Å². The number of allylic oxidation sites excluding steroid dienone is 3. The van der Waals surface area contributed by atoms with Gasteiger partial charge in [-0.15, -0.1) is 5.73 Å². The Morgan fingerprint density at radius 3 is 3.00 bits per heavy atom. The maximum Gasteiger partial charge on any atom is 0.0453 e. The zero-order chi connectivity index (χ0) is 8.23. The molecule has 1 heteroatoms. The maximum atomic E-state index is 4.23. The Labute approximate surface area is 71.8 Å². The fraction of sp³-hybridized carbons (Fsp3) is 0.0909. The molecule has 1 aliphatic rings. The summed E-state index contributed by atoms with van der Waals surface area (Å²) in [6.45, 7) is 0. The highest BCUT2D eigenvalue weighted by Gasteiger charge is 1.97. The van der Waals surface area contributed by atoms with Crippen LogP contribution in [0.5, 0.6) is 0 Å². The Balaban J connectivity index is 2.15. The van der Waals surface area contributed by atoms with Crippen LogP contribution in [0, 0.1) is 0 Å². The van der Waals surface area contributed by atoms with Crippen LogP contribution in [-0.2, 0) is 6.42 Å². The van der Waals surface area contributed by atoms with Crippen LogP contribution >= 0.6 is 0 Å². The highest BCUT2D eigenvalue weighted by atomic mass is 14.7. The molecule has 0 N–H and O–H groups in total. The number of nitrogens with zero attached hydrogens (tertiary/aromatic N) is 1. The van der Waals surface area contributed by atoms with Crippen molar-refractivity contribution in [2.75, 3.05) is 0 Å². The molecule has 58 valence electrons. The second kappa shape index (κ2) is 3.21. The molecular formula is C11H9N. The van der Waals surface area contributed by atoms with E-state index in [0.717, 1.165) is 12.1 Å². The van der Waals surface area contributed by atoms with Gasteiger partial charge in [-0.2, -0.15) is 0 Å². The molecule has 0 radical (unpaired) electrons. The number of aromatic nitrogens is 1. The lowest BCUT2D eigenvalue weighted by molar-refractivity contribution is 1.08. The van der Waals surface area contributed by atoms with Gasteiger partial charge in [-0.1, -0.05) is 18.2 Å². The van der Waals surface area contributed by atoms with Gasteiger partial charge in [-0.05, 0) is 23.8 Å². The molecule has 0 unspecified atom stereocenters. The van der Waals surface area contributed by atoms with Crippen molar-refractivity contribution in [2.45, 2.75) is 6.42 Å². The number of hydrogen-bond donors (Lipinski definition) is 0. The fourth-order valence-corrected chi connectivity index (χ4v) is 1.18. The molecule has 0 aromatic carbocycles. The van der Waals surface area contributed by atoms with E-state index < -0.39 is 0 Å². The van der Waals surface area contributed by atoms with Crippen molar-refractivity contribution >= 4 is 0 Å². The topological polar surface area (TPSA) is 12.9 Å². The third-order valence-electron chi connectivity index (χ3n) is 1.76. The van der Waals surface area contributed by atoms with Gasteiger partial charge in [0, 0.05) is 18.3 Å². The first-order valence-corrected chi connectivity index (χ1v) is 3.97. The zero-order valence-electron chi connectivity index (χ0n) is 6.70. The van der Waals surface area contributed by atoms with Crippen LogP contribution in [0.4, 0.5) is 0 Å². The Morgan fingerprint density at radius 1 is 1.33 bits per heavy atom. The van der Waals surface area contributed by atoms with Crippen LogP contribution in [0.25, 0.3) is 0 Å². The normalized spacial score (nSPS) is 13.5. The molecule has 0 aliphatic heterocycles. The quantitative estimate of drug-likeness (QED) is 0.597. The average molecular weight is 155 g/mol. The zero-order valence-corrected chi connectivity index (χ0v) is 6.70. The summed E-state index contributed by atoms with van der Waals surface area (Å²) < 4.78 is 0. The summed E-state index contributed by atoms with van der Waals surface area (Å²) in [5.74, 6) is 0. The largest absolute Gasteiger partial charge is 0.261 e. The maximum absolute atomic E-state index is 4.23. The second-order valence-electron chi connectivity index (χ2n) is 2.69. The van der Waals surface area contributed by atoms with Crippen molar-refractivity contribution in [1.29, 1.82) is 0 Å². The van der Waals surface area contributed by atoms with E-state index in [1.165, 1.54) is 5.57 Å². The average Bonchev–Trinajstić information content (AvgIpc) is 2.59. The van der Waals surface area contributed by atoms with Crippen LogP contribution in [0.3, 0.4) is 0 Å². The molecule has 0 fully saturated rings. The predicted octanol–water partition coefficient (Wildman–Crippen LogP) is 2.28. The van der Waals surface area contributed by atoms with Crippen LogP contribution < -0.4 is 0 Å². The van der Waals surface area contributed by atoms with Gasteiger partial charge < -0.3 is 0 Å². The van der Waals surface area contributed by atoms with Gasteiger partial charge in [0.05, 0.1) is 0 Å². The van der Waals surface area contributed by atoms with Gasteiger partial charge in [0.25, 0.3) is 0 Å². The summed E-state index contributed by atoms with van der Waals surface area (Å²) in [5.41, 5.74) is 5.45. The standard InChI is InChI=1S/C11H9N/c1-2-6-10(5-1)9-11-7-3-4-8-12-11/h1-5,7-8H,9H2. The van der Waals surface area contributed by atoms with Gasteiger partial charge in [0.1, 0.15) is 0 Å². The molecule has 1 aromatic heterocycles. The van der Waals surface area contributed by atoms with Gasteiger partial charge >= 0.3 is 0 Å². The minimum absolute atomic E-state index is 0.883. The van der Waals surface area contributed by atoms with Gasteiger partial charge in [-0.25, -0.2) is 0 Å². The van der Waals surface area contributed by atoms with Crippen LogP contribution in [0.2, 0.25) is 0 Å². The molecule has 0 bridgehead atoms. The van der Waals surface area contributed by atoms with Crippen molar-refractivity contribution in [3.05, 3.63) is 59.6 Å². The molecule has 1 aromatic rings. The lowest BCUT2D eigenvalue weighted by atomic mass is 10.1. The minimum atomic E-state index is 0.883. The summed E-state index contributed by atoms with van der Waals surface area (Å²) in [7, 11) is 0. The highest BCUT2D eigenvalue weighted by molar-refractivity contribution is 5.32. The molecule has 0 atom stereocenters. The SMILES string of the molecule is C1=CC=CC=1Cc1ccccn1. The van der Waals surface area contributed by atoms with E-state index in [2.05, 4.69) is 16.8 Å². The Bertz CT molecular complexity index is 354. The van der Waals surface area contributed by atoms with E-state index in [1.807, 2.05) is 36.5 Å². The molecule has 1 nitrogen and oxygen atoms in total. The summed E-state index contributed by atoms with van der Waals surface area (Å²) >= 11 is 0. The van der Waals surface area contributed by atoms with Gasteiger partial charge in [0.2, 0.25) is 0 Å². The first-order valence-electron chi connectivity index (χ1n) is 3.97. The van der Waals surface area contributed by atoms with Crippen molar-refractivity contribution in [1.82, 2.24) is 4.98 Å². The summed E-state index contributed by atoms with van der Waals surface area (Å²) in [4.78, 5) is 4.23. The van der Waals surface area contributed by atoms with Crippen LogP contribution in [0.15, 0.2) is 53.9 Å². The monoisotopic (exact) mass is 155 g/mol. The molecular weight excluding hydrogens is 146 g/mol. The smallest absolute Gasteiger partial charge is 0.0453 e. The van der Waals surface area contributed by atoms with Crippen molar-refractivity contribution < 1.29 is 0 Å². The Kier molecular flexibility index (Phi) is 1.89. The Morgan fingerprint density at radius 2 is 2.33 bits per heavy atom. The van der Waals surface area contributed by atoms with Gasteiger partial charge in [0.15, 0.2) is 0 Å². The molecule has 2 rings (SSSR count). The predicted molar refractivity (Wildman–Crippen MR) is 48.7 cm³/mol. The van der Waals surface area contributed by atoms with E-state index in [9.17, 15) is 0 Å². The summed E-state index contributed by atoms with van der Waals surface area (Å²) in [6, 6.07) is 5.96. The third-order valence-corrected chi connectivity index (χ3v) is 1.76. The number of pyridine rings is 1. The first kappa shape index (κ1) is 7.08. The first-order chi connectivity index (χ1) is 5.95. The molecule has 0 amide bonds. The van der Waals surface area contributed by atoms with E-state index >= 15 is 0 Å². The molecule has 1 aliphatic carbocycles. The van der Waals surface area contributed by atoms with Crippen molar-refractivity contribution in [3.63, 3.8) is 0 Å². The lowest BCUT2D eigenvalue weighted by Crippen LogP contribution is -1.88. The molecule has 12 heavy (non-hydrogen) atoms. The van der Waals surface area contributed by atoms with Crippen molar-refractivity contribution in [3.8, 4) is 0 Å². The fourth-order valence-electron chi connectivity index (χ4n) is 1.18. The minimum Gasteiger partial charge on any atom is -0.261 e. The van der Waals surface area contributed by atoms with Crippen LogP contribution in [0.1, 0.15) is 5.69 Å². The van der Waals surface area contributed by atoms with E-state index in [-0.39, 0.29) is 0 Å². The highest BCUT2D eigenvalue weighted by Crippen LogP contribution is 2.08.